The number of carbonyl (C=O) groups excluding carboxylic acids is 1. The van der Waals surface area contributed by atoms with Crippen molar-refractivity contribution in [3.05, 3.63) is 0 Å². The summed E-state index contributed by atoms with van der Waals surface area (Å²) in [4.78, 5) is 11.4. The summed E-state index contributed by atoms with van der Waals surface area (Å²) in [5.41, 5.74) is 6.05. The maximum atomic E-state index is 11.4. The summed E-state index contributed by atoms with van der Waals surface area (Å²) in [6.07, 6.45) is 3.65. The highest BCUT2D eigenvalue weighted by atomic mass is 16.5. The highest BCUT2D eigenvalue weighted by molar-refractivity contribution is 5.75. The molecule has 0 aromatic rings. The zero-order valence-electron chi connectivity index (χ0n) is 11.5. The number of hydrogen-bond donors (Lipinski definition) is 1. The molecule has 2 fully saturated rings. The molecule has 2 aliphatic rings. The summed E-state index contributed by atoms with van der Waals surface area (Å²) in [6.45, 7) is 4.52. The zero-order chi connectivity index (χ0) is 12.8. The third kappa shape index (κ3) is 1.75. The van der Waals surface area contributed by atoms with Gasteiger partial charge in [-0.3, -0.25) is 4.79 Å². The van der Waals surface area contributed by atoms with Gasteiger partial charge in [-0.15, -0.1) is 0 Å². The molecule has 0 radical (unpaired) electrons. The molecule has 0 heterocycles. The first kappa shape index (κ1) is 10.6. The van der Waals surface area contributed by atoms with Crippen LogP contribution in [0, 0.1) is 23.1 Å². The Kier molecular flexibility index (Phi) is 2.66. The van der Waals surface area contributed by atoms with Gasteiger partial charge in [0.05, 0.1) is 7.11 Å². The summed E-state index contributed by atoms with van der Waals surface area (Å²) >= 11 is 0. The van der Waals surface area contributed by atoms with Crippen LogP contribution in [-0.4, -0.2) is 19.1 Å². The van der Waals surface area contributed by atoms with Gasteiger partial charge in [0.2, 0.25) is 0 Å². The Morgan fingerprint density at radius 2 is 2.31 bits per heavy atom. The minimum absolute atomic E-state index is 0.234. The molecule has 3 heteroatoms. The average Bonchev–Trinajstić information content (AvgIpc) is 2.62. The second-order valence-electron chi connectivity index (χ2n) is 5.84. The van der Waals surface area contributed by atoms with E-state index in [9.17, 15) is 4.79 Å². The van der Waals surface area contributed by atoms with Crippen LogP contribution >= 0.6 is 0 Å². The molecular weight excluding hydrogens is 202 g/mol. The summed E-state index contributed by atoms with van der Waals surface area (Å²) in [6, 6.07) is -0.646. The second-order valence-corrected chi connectivity index (χ2v) is 5.84. The van der Waals surface area contributed by atoms with Gasteiger partial charge in [-0.1, -0.05) is 13.8 Å². The molecule has 0 saturated heterocycles. The molecule has 0 aromatic heterocycles. The minimum atomic E-state index is -0.646. The Labute approximate surface area is 99.1 Å². The van der Waals surface area contributed by atoms with Crippen molar-refractivity contribution in [3.8, 4) is 0 Å². The summed E-state index contributed by atoms with van der Waals surface area (Å²) in [5, 5.41) is 0. The highest BCUT2D eigenvalue weighted by Crippen LogP contribution is 2.61. The second kappa shape index (κ2) is 4.02. The lowest BCUT2D eigenvalue weighted by Gasteiger charge is -2.27. The lowest BCUT2D eigenvalue weighted by molar-refractivity contribution is -0.142. The summed E-state index contributed by atoms with van der Waals surface area (Å²) in [5.74, 6) is 0.0720. The fourth-order valence-electron chi connectivity index (χ4n) is 3.69. The van der Waals surface area contributed by atoms with Crippen LogP contribution < -0.4 is 5.73 Å². The molecule has 2 unspecified atom stereocenters. The fourth-order valence-corrected chi connectivity index (χ4v) is 3.69. The van der Waals surface area contributed by atoms with Gasteiger partial charge in [0.25, 0.3) is 0 Å². The fraction of sp³-hybridized carbons (Fsp3) is 0.923. The molecule has 0 amide bonds. The SMILES string of the molecule is [2H][C@]1(C[C@H](N)C(=O)OC)CC2CCC1C2(C)C. The lowest BCUT2D eigenvalue weighted by atomic mass is 9.78. The molecule has 16 heavy (non-hydrogen) atoms. The molecule has 2 bridgehead atoms. The van der Waals surface area contributed by atoms with Gasteiger partial charge in [0, 0.05) is 1.37 Å². The largest absolute Gasteiger partial charge is 0.468 e. The topological polar surface area (TPSA) is 52.3 Å². The molecular formula is C13H23NO2. The monoisotopic (exact) mass is 226 g/mol. The number of methoxy groups -OCH3 is 1. The van der Waals surface area contributed by atoms with E-state index in [0.717, 1.165) is 12.8 Å². The lowest BCUT2D eigenvalue weighted by Crippen LogP contribution is -2.35. The molecule has 2 N–H and O–H groups in total. The molecule has 92 valence electrons. The maximum Gasteiger partial charge on any atom is 0.322 e. The first-order valence-corrected chi connectivity index (χ1v) is 6.14. The van der Waals surface area contributed by atoms with Crippen LogP contribution in [0.25, 0.3) is 0 Å². The highest BCUT2D eigenvalue weighted by Gasteiger charge is 2.53. The first-order chi connectivity index (χ1) is 7.81. The van der Waals surface area contributed by atoms with Crippen LogP contribution in [-0.2, 0) is 9.53 Å². The molecule has 0 aromatic carbocycles. The van der Waals surface area contributed by atoms with Crippen LogP contribution in [0.1, 0.15) is 40.9 Å². The number of esters is 1. The third-order valence-electron chi connectivity index (χ3n) is 4.74. The van der Waals surface area contributed by atoms with Crippen molar-refractivity contribution < 1.29 is 10.9 Å². The van der Waals surface area contributed by atoms with Crippen molar-refractivity contribution in [3.63, 3.8) is 0 Å². The van der Waals surface area contributed by atoms with Crippen LogP contribution in [0.2, 0.25) is 0 Å². The van der Waals surface area contributed by atoms with E-state index in [0.29, 0.717) is 18.3 Å². The van der Waals surface area contributed by atoms with Gasteiger partial charge in [-0.05, 0) is 48.8 Å². The van der Waals surface area contributed by atoms with Gasteiger partial charge in [-0.2, -0.15) is 0 Å². The van der Waals surface area contributed by atoms with E-state index in [1.54, 1.807) is 0 Å². The number of rotatable bonds is 3. The van der Waals surface area contributed by atoms with Gasteiger partial charge in [-0.25, -0.2) is 0 Å². The van der Waals surface area contributed by atoms with E-state index >= 15 is 0 Å². The normalized spacial score (nSPS) is 42.9. The molecule has 4 atom stereocenters. The smallest absolute Gasteiger partial charge is 0.322 e. The van der Waals surface area contributed by atoms with Gasteiger partial charge in [0.1, 0.15) is 6.04 Å². The third-order valence-corrected chi connectivity index (χ3v) is 4.74. The number of carbonyl (C=O) groups is 1. The van der Waals surface area contributed by atoms with Crippen LogP contribution in [0.3, 0.4) is 0 Å². The Bertz CT molecular complexity index is 331. The first-order valence-electron chi connectivity index (χ1n) is 6.64. The van der Waals surface area contributed by atoms with Crippen LogP contribution in [0.4, 0.5) is 0 Å². The Morgan fingerprint density at radius 3 is 2.75 bits per heavy atom. The van der Waals surface area contributed by atoms with Crippen molar-refractivity contribution in [2.75, 3.05) is 7.11 Å². The molecule has 2 rings (SSSR count). The van der Waals surface area contributed by atoms with E-state index in [2.05, 4.69) is 18.6 Å². The van der Waals surface area contributed by atoms with E-state index in [-0.39, 0.29) is 5.41 Å². The van der Waals surface area contributed by atoms with Crippen LogP contribution in [0.5, 0.6) is 0 Å². The van der Waals surface area contributed by atoms with E-state index in [4.69, 9.17) is 7.10 Å². The summed E-state index contributed by atoms with van der Waals surface area (Å²) in [7, 11) is 1.35. The maximum absolute atomic E-state index is 11.4. The molecule has 0 spiro atoms. The number of ether oxygens (including phenoxy) is 1. The molecule has 3 nitrogen and oxygen atoms in total. The van der Waals surface area contributed by atoms with E-state index < -0.39 is 17.9 Å². The van der Waals surface area contributed by atoms with E-state index in [1.807, 2.05) is 0 Å². The van der Waals surface area contributed by atoms with Crippen molar-refractivity contribution in [1.29, 1.82) is 0 Å². The average molecular weight is 226 g/mol. The number of nitrogens with two attached hydrogens (primary N) is 1. The van der Waals surface area contributed by atoms with Crippen molar-refractivity contribution in [2.45, 2.75) is 45.6 Å². The molecule has 2 saturated carbocycles. The molecule has 0 aliphatic heterocycles. The predicted octanol–water partition coefficient (Wildman–Crippen LogP) is 1.95. The Morgan fingerprint density at radius 1 is 1.62 bits per heavy atom. The van der Waals surface area contributed by atoms with Gasteiger partial charge < -0.3 is 10.5 Å². The van der Waals surface area contributed by atoms with Crippen molar-refractivity contribution in [2.24, 2.45) is 28.9 Å². The van der Waals surface area contributed by atoms with Gasteiger partial charge in [0.15, 0.2) is 0 Å². The summed E-state index contributed by atoms with van der Waals surface area (Å²) < 4.78 is 13.3. The molecule has 2 aliphatic carbocycles. The standard InChI is InChI=1S/C13H23NO2/c1-13(2)9-4-5-10(13)8(6-9)7-11(14)12(15)16-3/h8-11H,4-7,14H2,1-3H3/t8-,9?,10?,11+/m1/s1/i8D. The van der Waals surface area contributed by atoms with E-state index in [1.165, 1.54) is 13.5 Å². The van der Waals surface area contributed by atoms with Gasteiger partial charge >= 0.3 is 5.97 Å². The predicted molar refractivity (Wildman–Crippen MR) is 62.7 cm³/mol. The van der Waals surface area contributed by atoms with Crippen LogP contribution in [0.15, 0.2) is 0 Å². The van der Waals surface area contributed by atoms with Crippen molar-refractivity contribution in [1.82, 2.24) is 0 Å². The minimum Gasteiger partial charge on any atom is -0.468 e. The Balaban J connectivity index is 2.10. The Hall–Kier alpha value is -0.570. The quantitative estimate of drug-likeness (QED) is 0.748. The van der Waals surface area contributed by atoms with Crippen molar-refractivity contribution >= 4 is 5.97 Å². The number of fused-ring (bicyclic) bond motifs is 2. The zero-order valence-corrected chi connectivity index (χ0v) is 10.5. The number of hydrogen-bond acceptors (Lipinski definition) is 3.